The monoisotopic (exact) mass is 614 g/mol. The number of carbonyl (C=O) groups excluding carboxylic acids is 3. The highest BCUT2D eigenvalue weighted by molar-refractivity contribution is 8.00. The Kier molecular flexibility index (Phi) is 9.15. The van der Waals surface area contributed by atoms with Crippen LogP contribution in [0.3, 0.4) is 0 Å². The number of thioether (sulfide) groups is 1. The molecule has 5 aromatic rings. The molecule has 0 saturated carbocycles. The summed E-state index contributed by atoms with van der Waals surface area (Å²) in [5.74, 6) is -1.83. The first kappa shape index (κ1) is 30.2. The number of carbonyl (C=O) groups is 3. The summed E-state index contributed by atoms with van der Waals surface area (Å²) >= 11 is 1.09. The molecular formula is C33H25F3N4O3S. The van der Waals surface area contributed by atoms with E-state index in [1.807, 2.05) is 24.3 Å². The molecule has 1 heterocycles. The highest BCUT2D eigenvalue weighted by atomic mass is 32.2. The number of H-pyrrole nitrogens is 1. The number of benzene rings is 4. The van der Waals surface area contributed by atoms with Gasteiger partial charge in [-0.05, 0) is 54.6 Å². The van der Waals surface area contributed by atoms with Crippen LogP contribution in [0.2, 0.25) is 0 Å². The number of para-hydroxylation sites is 2. The van der Waals surface area contributed by atoms with Crippen molar-refractivity contribution < 1.29 is 27.6 Å². The van der Waals surface area contributed by atoms with Gasteiger partial charge >= 0.3 is 6.18 Å². The lowest BCUT2D eigenvalue weighted by atomic mass is 10.1. The molecule has 5 rings (SSSR count). The Hall–Kier alpha value is -5.29. The second kappa shape index (κ2) is 13.3. The third-order valence-corrected chi connectivity index (χ3v) is 7.41. The molecule has 0 aliphatic carbocycles. The molecule has 44 heavy (non-hydrogen) atoms. The maximum absolute atomic E-state index is 13.5. The van der Waals surface area contributed by atoms with Crippen LogP contribution >= 0.6 is 11.8 Å². The van der Waals surface area contributed by atoms with Gasteiger partial charge in [-0.3, -0.25) is 14.4 Å². The topological polar surface area (TPSA) is 103 Å². The molecule has 0 bridgehead atoms. The fourth-order valence-electron chi connectivity index (χ4n) is 4.35. The molecule has 7 nitrogen and oxygen atoms in total. The van der Waals surface area contributed by atoms with Crippen LogP contribution in [0.1, 0.15) is 21.5 Å². The van der Waals surface area contributed by atoms with Crippen LogP contribution < -0.4 is 16.0 Å². The Morgan fingerprint density at radius 1 is 0.818 bits per heavy atom. The van der Waals surface area contributed by atoms with Crippen molar-refractivity contribution in [3.05, 3.63) is 132 Å². The number of amides is 3. The van der Waals surface area contributed by atoms with Crippen LogP contribution in [-0.4, -0.2) is 28.5 Å². The van der Waals surface area contributed by atoms with Gasteiger partial charge in [0.05, 0.1) is 17.0 Å². The van der Waals surface area contributed by atoms with Gasteiger partial charge in [0.2, 0.25) is 5.91 Å². The van der Waals surface area contributed by atoms with Crippen LogP contribution in [0, 0.1) is 0 Å². The highest BCUT2D eigenvalue weighted by Crippen LogP contribution is 2.34. The molecule has 1 aromatic heterocycles. The number of alkyl halides is 3. The number of anilines is 2. The molecule has 0 saturated heterocycles. The first-order valence-corrected chi connectivity index (χ1v) is 14.3. The zero-order chi connectivity index (χ0) is 31.1. The Morgan fingerprint density at radius 3 is 2.34 bits per heavy atom. The lowest BCUT2D eigenvalue weighted by Gasteiger charge is -2.14. The second-order valence-electron chi connectivity index (χ2n) is 9.53. The van der Waals surface area contributed by atoms with Gasteiger partial charge in [-0.2, -0.15) is 13.2 Å². The Morgan fingerprint density at radius 2 is 1.55 bits per heavy atom. The summed E-state index contributed by atoms with van der Waals surface area (Å²) in [5, 5.41) is 8.66. The van der Waals surface area contributed by atoms with Gasteiger partial charge in [-0.1, -0.05) is 54.6 Å². The minimum atomic E-state index is -4.61. The normalized spacial score (nSPS) is 11.7. The minimum absolute atomic E-state index is 0.00405. The summed E-state index contributed by atoms with van der Waals surface area (Å²) in [7, 11) is 0. The second-order valence-corrected chi connectivity index (χ2v) is 10.6. The van der Waals surface area contributed by atoms with E-state index in [2.05, 4.69) is 20.9 Å². The van der Waals surface area contributed by atoms with E-state index in [0.29, 0.717) is 21.7 Å². The van der Waals surface area contributed by atoms with E-state index in [9.17, 15) is 27.6 Å². The summed E-state index contributed by atoms with van der Waals surface area (Å²) in [6, 6.07) is 27.4. The van der Waals surface area contributed by atoms with Gasteiger partial charge in [0.15, 0.2) is 0 Å². The predicted molar refractivity (Wildman–Crippen MR) is 166 cm³/mol. The van der Waals surface area contributed by atoms with E-state index in [0.717, 1.165) is 28.7 Å². The van der Waals surface area contributed by atoms with Crippen molar-refractivity contribution in [1.82, 2.24) is 10.3 Å². The first-order valence-electron chi connectivity index (χ1n) is 13.3. The molecule has 0 radical (unpaired) electrons. The summed E-state index contributed by atoms with van der Waals surface area (Å²) in [6.45, 7) is 0. The SMILES string of the molecule is O=C(CSc1cccc(NC(=O)/C(=C/c2c[nH]c3ccccc23)NC(=O)c2ccccc2)c1)Nc1ccccc1C(F)(F)F. The fourth-order valence-corrected chi connectivity index (χ4v) is 5.10. The van der Waals surface area contributed by atoms with E-state index in [-0.39, 0.29) is 17.1 Å². The van der Waals surface area contributed by atoms with Gasteiger partial charge in [0.1, 0.15) is 5.70 Å². The Balaban J connectivity index is 1.30. The number of halogens is 3. The van der Waals surface area contributed by atoms with Gasteiger partial charge in [-0.25, -0.2) is 0 Å². The smallest absolute Gasteiger partial charge is 0.361 e. The number of hydrogen-bond donors (Lipinski definition) is 4. The molecular weight excluding hydrogens is 589 g/mol. The quantitative estimate of drug-likeness (QED) is 0.103. The molecule has 0 aliphatic rings. The molecule has 0 spiro atoms. The molecule has 0 atom stereocenters. The lowest BCUT2D eigenvalue weighted by Crippen LogP contribution is -2.30. The largest absolute Gasteiger partial charge is 0.418 e. The molecule has 4 N–H and O–H groups in total. The van der Waals surface area contributed by atoms with E-state index in [1.54, 1.807) is 66.9 Å². The molecule has 222 valence electrons. The van der Waals surface area contributed by atoms with Crippen LogP contribution in [0.5, 0.6) is 0 Å². The number of aromatic nitrogens is 1. The average Bonchev–Trinajstić information content (AvgIpc) is 3.42. The van der Waals surface area contributed by atoms with Crippen LogP contribution in [0.4, 0.5) is 24.5 Å². The van der Waals surface area contributed by atoms with E-state index in [1.165, 1.54) is 18.2 Å². The minimum Gasteiger partial charge on any atom is -0.361 e. The van der Waals surface area contributed by atoms with Crippen molar-refractivity contribution in [3.8, 4) is 0 Å². The molecule has 4 aromatic carbocycles. The van der Waals surface area contributed by atoms with Crippen LogP contribution in [0.25, 0.3) is 17.0 Å². The average molecular weight is 615 g/mol. The maximum Gasteiger partial charge on any atom is 0.418 e. The van der Waals surface area contributed by atoms with E-state index in [4.69, 9.17) is 0 Å². The highest BCUT2D eigenvalue weighted by Gasteiger charge is 2.33. The summed E-state index contributed by atoms with van der Waals surface area (Å²) in [4.78, 5) is 42.6. The Labute approximate surface area is 254 Å². The maximum atomic E-state index is 13.5. The molecule has 0 aliphatic heterocycles. The van der Waals surface area contributed by atoms with Crippen molar-refractivity contribution in [3.63, 3.8) is 0 Å². The number of rotatable bonds is 9. The first-order chi connectivity index (χ1) is 21.2. The molecule has 11 heteroatoms. The third kappa shape index (κ3) is 7.56. The zero-order valence-electron chi connectivity index (χ0n) is 22.9. The predicted octanol–water partition coefficient (Wildman–Crippen LogP) is 7.33. The van der Waals surface area contributed by atoms with E-state index >= 15 is 0 Å². The molecule has 3 amide bonds. The van der Waals surface area contributed by atoms with Gasteiger partial charge in [0, 0.05) is 38.8 Å². The summed E-state index contributed by atoms with van der Waals surface area (Å²) in [5.41, 5.74) is 1.08. The third-order valence-electron chi connectivity index (χ3n) is 6.42. The van der Waals surface area contributed by atoms with Gasteiger partial charge in [0.25, 0.3) is 11.8 Å². The van der Waals surface area contributed by atoms with Gasteiger partial charge in [-0.15, -0.1) is 11.8 Å². The standard InChI is InChI=1S/C33H25F3N4O3S/c34-33(35,36)26-14-5-7-16-28(26)39-30(41)20-44-24-12-8-11-23(18-24)38-32(43)29(40-31(42)21-9-2-1-3-10-21)17-22-19-37-27-15-6-4-13-25(22)27/h1-19,37H,20H2,(H,38,43)(H,39,41)(H,40,42)/b29-17-. The summed E-state index contributed by atoms with van der Waals surface area (Å²) < 4.78 is 39.8. The molecule has 0 fully saturated rings. The van der Waals surface area contributed by atoms with Crippen molar-refractivity contribution in [2.45, 2.75) is 11.1 Å². The van der Waals surface area contributed by atoms with Crippen molar-refractivity contribution in [2.24, 2.45) is 0 Å². The number of nitrogens with one attached hydrogen (secondary N) is 4. The van der Waals surface area contributed by atoms with E-state index < -0.39 is 29.5 Å². The van der Waals surface area contributed by atoms with Crippen molar-refractivity contribution in [1.29, 1.82) is 0 Å². The number of fused-ring (bicyclic) bond motifs is 1. The number of hydrogen-bond acceptors (Lipinski definition) is 4. The lowest BCUT2D eigenvalue weighted by molar-refractivity contribution is -0.137. The zero-order valence-corrected chi connectivity index (χ0v) is 23.8. The Bertz CT molecular complexity index is 1850. The van der Waals surface area contributed by atoms with Crippen molar-refractivity contribution >= 4 is 57.8 Å². The number of aromatic amines is 1. The van der Waals surface area contributed by atoms with Crippen molar-refractivity contribution in [2.75, 3.05) is 16.4 Å². The van der Waals surface area contributed by atoms with Crippen LogP contribution in [0.15, 0.2) is 120 Å². The van der Waals surface area contributed by atoms with Crippen LogP contribution in [-0.2, 0) is 15.8 Å². The molecule has 0 unspecified atom stereocenters. The van der Waals surface area contributed by atoms with Gasteiger partial charge < -0.3 is 20.9 Å². The summed E-state index contributed by atoms with van der Waals surface area (Å²) in [6.07, 6.45) is -1.29. The fraction of sp³-hybridized carbons (Fsp3) is 0.0606.